The number of amides is 2. The summed E-state index contributed by atoms with van der Waals surface area (Å²) < 4.78 is 0. The molecule has 0 unspecified atom stereocenters. The number of allylic oxidation sites excluding steroid dienone is 1. The predicted octanol–water partition coefficient (Wildman–Crippen LogP) is 2.92. The lowest BCUT2D eigenvalue weighted by Gasteiger charge is -2.40. The maximum Gasteiger partial charge on any atom is 0.265 e. The van der Waals surface area contributed by atoms with E-state index in [2.05, 4.69) is 38.8 Å². The molecule has 1 aromatic rings. The Hall–Kier alpha value is -2.47. The van der Waals surface area contributed by atoms with Crippen molar-refractivity contribution in [3.8, 4) is 0 Å². The fourth-order valence-corrected chi connectivity index (χ4v) is 3.57. The summed E-state index contributed by atoms with van der Waals surface area (Å²) in [5.74, 6) is -0.748. The molecule has 2 amide bonds. The fourth-order valence-electron chi connectivity index (χ4n) is 3.41. The molecule has 1 fully saturated rings. The molecule has 1 saturated heterocycles. The molecule has 6 heteroatoms. The van der Waals surface area contributed by atoms with Gasteiger partial charge >= 0.3 is 0 Å². The fraction of sp³-hybridized carbons (Fsp3) is 0.350. The molecule has 1 aromatic carbocycles. The molecule has 0 saturated carbocycles. The van der Waals surface area contributed by atoms with E-state index < -0.39 is 0 Å². The number of anilines is 1. The third kappa shape index (κ3) is 2.74. The van der Waals surface area contributed by atoms with E-state index in [0.717, 1.165) is 16.8 Å². The van der Waals surface area contributed by atoms with E-state index in [4.69, 9.17) is 12.2 Å². The van der Waals surface area contributed by atoms with Crippen LogP contribution in [-0.2, 0) is 9.59 Å². The van der Waals surface area contributed by atoms with Gasteiger partial charge in [0.05, 0.1) is 5.54 Å². The second kappa shape index (κ2) is 6.06. The molecule has 0 bridgehead atoms. The summed E-state index contributed by atoms with van der Waals surface area (Å²) in [7, 11) is 5.23. The lowest BCUT2D eigenvalue weighted by atomic mass is 9.88. The third-order valence-corrected chi connectivity index (χ3v) is 5.74. The van der Waals surface area contributed by atoms with Crippen molar-refractivity contribution in [3.63, 3.8) is 0 Å². The second-order valence-electron chi connectivity index (χ2n) is 7.39. The SMILES string of the molecule is CC1=CC(C)(C)N(C)c2ccc(C=C3C(=O)N(C)C(=S)N(C)C3=O)cc21. The van der Waals surface area contributed by atoms with Crippen molar-refractivity contribution in [2.75, 3.05) is 26.0 Å². The maximum atomic E-state index is 12.5. The number of carbonyl (C=O) groups excluding carboxylic acids is 2. The Balaban J connectivity index is 2.06. The Morgan fingerprint density at radius 1 is 1.04 bits per heavy atom. The highest BCUT2D eigenvalue weighted by Gasteiger charge is 2.35. The van der Waals surface area contributed by atoms with Crippen LogP contribution in [0.15, 0.2) is 29.8 Å². The van der Waals surface area contributed by atoms with Crippen molar-refractivity contribution in [1.82, 2.24) is 9.80 Å². The van der Waals surface area contributed by atoms with E-state index in [1.165, 1.54) is 15.4 Å². The average molecular weight is 369 g/mol. The number of fused-ring (bicyclic) bond motifs is 1. The van der Waals surface area contributed by atoms with Crippen molar-refractivity contribution in [1.29, 1.82) is 0 Å². The van der Waals surface area contributed by atoms with Crippen LogP contribution in [0.4, 0.5) is 5.69 Å². The normalized spacial score (nSPS) is 19.6. The number of thiocarbonyl (C=S) groups is 1. The van der Waals surface area contributed by atoms with Gasteiger partial charge in [-0.15, -0.1) is 0 Å². The molecule has 3 rings (SSSR count). The first-order valence-corrected chi connectivity index (χ1v) is 8.85. The van der Waals surface area contributed by atoms with Crippen LogP contribution in [0.2, 0.25) is 0 Å². The predicted molar refractivity (Wildman–Crippen MR) is 109 cm³/mol. The van der Waals surface area contributed by atoms with Crippen LogP contribution in [0.25, 0.3) is 11.6 Å². The average Bonchev–Trinajstić information content (AvgIpc) is 2.60. The van der Waals surface area contributed by atoms with E-state index in [0.29, 0.717) is 0 Å². The minimum absolute atomic E-state index is 0.0620. The van der Waals surface area contributed by atoms with Gasteiger partial charge in [0.25, 0.3) is 11.8 Å². The molecule has 0 aliphatic carbocycles. The molecule has 136 valence electrons. The van der Waals surface area contributed by atoms with Crippen molar-refractivity contribution >= 4 is 46.5 Å². The first-order valence-electron chi connectivity index (χ1n) is 8.44. The molecule has 0 spiro atoms. The van der Waals surface area contributed by atoms with Gasteiger partial charge in [0.15, 0.2) is 5.11 Å². The molecule has 0 radical (unpaired) electrons. The highest BCUT2D eigenvalue weighted by Crippen LogP contribution is 2.38. The smallest absolute Gasteiger partial charge is 0.265 e. The zero-order chi connectivity index (χ0) is 19.4. The monoisotopic (exact) mass is 369 g/mol. The summed E-state index contributed by atoms with van der Waals surface area (Å²) in [5.41, 5.74) is 4.29. The van der Waals surface area contributed by atoms with Crippen LogP contribution >= 0.6 is 12.2 Å². The van der Waals surface area contributed by atoms with E-state index in [-0.39, 0.29) is 28.0 Å². The minimum Gasteiger partial charge on any atom is -0.366 e. The molecule has 0 aromatic heterocycles. The van der Waals surface area contributed by atoms with Gasteiger partial charge in [-0.05, 0) is 62.3 Å². The molecule has 0 atom stereocenters. The molecule has 5 nitrogen and oxygen atoms in total. The number of benzene rings is 1. The number of nitrogens with zero attached hydrogens (tertiary/aromatic N) is 3. The quantitative estimate of drug-likeness (QED) is 0.434. The van der Waals surface area contributed by atoms with Gasteiger partial charge in [-0.25, -0.2) is 0 Å². The first-order chi connectivity index (χ1) is 12.0. The van der Waals surface area contributed by atoms with Crippen molar-refractivity contribution in [2.24, 2.45) is 0 Å². The van der Waals surface area contributed by atoms with E-state index in [9.17, 15) is 9.59 Å². The highest BCUT2D eigenvalue weighted by molar-refractivity contribution is 7.80. The second-order valence-corrected chi connectivity index (χ2v) is 7.75. The molecule has 2 heterocycles. The Bertz CT molecular complexity index is 872. The lowest BCUT2D eigenvalue weighted by molar-refractivity contribution is -0.132. The van der Waals surface area contributed by atoms with Crippen molar-refractivity contribution in [3.05, 3.63) is 41.0 Å². The van der Waals surface area contributed by atoms with E-state index in [1.807, 2.05) is 18.2 Å². The minimum atomic E-state index is -0.374. The third-order valence-electron chi connectivity index (χ3n) is 5.20. The van der Waals surface area contributed by atoms with Crippen LogP contribution in [0.3, 0.4) is 0 Å². The standard InChI is InChI=1S/C20H23N3O2S/c1-12-11-20(2,3)23(6)16-8-7-13(9-14(12)16)10-15-17(24)21(4)19(26)22(5)18(15)25/h7-11H,1-6H3. The molecular weight excluding hydrogens is 346 g/mol. The van der Waals surface area contributed by atoms with Crippen LogP contribution < -0.4 is 4.90 Å². The largest absolute Gasteiger partial charge is 0.366 e. The van der Waals surface area contributed by atoms with E-state index >= 15 is 0 Å². The van der Waals surface area contributed by atoms with Crippen LogP contribution in [0.5, 0.6) is 0 Å². The zero-order valence-electron chi connectivity index (χ0n) is 16.0. The summed E-state index contributed by atoms with van der Waals surface area (Å²) in [6.07, 6.45) is 3.87. The number of likely N-dealkylation sites (N-methyl/N-ethyl adjacent to an activating group) is 3. The van der Waals surface area contributed by atoms with Gasteiger partial charge < -0.3 is 4.90 Å². The lowest BCUT2D eigenvalue weighted by Crippen LogP contribution is -2.52. The Labute approximate surface area is 159 Å². The van der Waals surface area contributed by atoms with Gasteiger partial charge in [-0.3, -0.25) is 19.4 Å². The molecule has 0 N–H and O–H groups in total. The summed E-state index contributed by atoms with van der Waals surface area (Å²) in [6, 6.07) is 5.99. The Morgan fingerprint density at radius 2 is 1.62 bits per heavy atom. The summed E-state index contributed by atoms with van der Waals surface area (Å²) in [6.45, 7) is 6.42. The van der Waals surface area contributed by atoms with E-state index in [1.54, 1.807) is 20.2 Å². The van der Waals surface area contributed by atoms with Crippen LogP contribution in [0, 0.1) is 0 Å². The summed E-state index contributed by atoms with van der Waals surface area (Å²) >= 11 is 5.12. The number of hydrogen-bond donors (Lipinski definition) is 0. The molecule has 2 aliphatic heterocycles. The van der Waals surface area contributed by atoms with Crippen molar-refractivity contribution < 1.29 is 9.59 Å². The Morgan fingerprint density at radius 3 is 2.19 bits per heavy atom. The summed E-state index contributed by atoms with van der Waals surface area (Å²) in [4.78, 5) is 29.8. The number of rotatable bonds is 1. The number of carbonyl (C=O) groups is 2. The first kappa shape index (κ1) is 18.3. The van der Waals surface area contributed by atoms with Gasteiger partial charge in [-0.2, -0.15) is 0 Å². The van der Waals surface area contributed by atoms with Gasteiger partial charge in [0.2, 0.25) is 0 Å². The zero-order valence-corrected chi connectivity index (χ0v) is 16.8. The molecule has 26 heavy (non-hydrogen) atoms. The Kier molecular flexibility index (Phi) is 4.27. The van der Waals surface area contributed by atoms with Crippen molar-refractivity contribution in [2.45, 2.75) is 26.3 Å². The van der Waals surface area contributed by atoms with Gasteiger partial charge in [0, 0.05) is 32.4 Å². The van der Waals surface area contributed by atoms with Crippen LogP contribution in [0.1, 0.15) is 31.9 Å². The topological polar surface area (TPSA) is 43.9 Å². The highest BCUT2D eigenvalue weighted by atomic mass is 32.1. The van der Waals surface area contributed by atoms with Gasteiger partial charge in [0.1, 0.15) is 5.57 Å². The van der Waals surface area contributed by atoms with Crippen LogP contribution in [-0.4, -0.2) is 53.4 Å². The number of hydrogen-bond acceptors (Lipinski definition) is 4. The maximum absolute atomic E-state index is 12.5. The molecule has 2 aliphatic rings. The van der Waals surface area contributed by atoms with Gasteiger partial charge in [-0.1, -0.05) is 12.1 Å². The summed E-state index contributed by atoms with van der Waals surface area (Å²) in [5, 5.41) is 0.213. The molecular formula is C20H23N3O2S.